The van der Waals surface area contributed by atoms with E-state index in [0.717, 1.165) is 10.6 Å². The minimum absolute atomic E-state index is 0.0501. The summed E-state index contributed by atoms with van der Waals surface area (Å²) in [6.45, 7) is 7.16. The van der Waals surface area contributed by atoms with Gasteiger partial charge in [-0.15, -0.1) is 0 Å². The van der Waals surface area contributed by atoms with Crippen LogP contribution >= 0.6 is 11.6 Å². The van der Waals surface area contributed by atoms with E-state index in [1.165, 1.54) is 0 Å². The molecule has 0 spiro atoms. The zero-order chi connectivity index (χ0) is 11.8. The van der Waals surface area contributed by atoms with Crippen LogP contribution < -0.4 is 5.32 Å². The molecule has 2 atom stereocenters. The quantitative estimate of drug-likeness (QED) is 0.813. The Bertz CT molecular complexity index is 378. The van der Waals surface area contributed by atoms with Crippen molar-refractivity contribution in [2.75, 3.05) is 6.61 Å². The van der Waals surface area contributed by atoms with E-state index in [4.69, 9.17) is 16.3 Å². The number of nitrogens with one attached hydrogen (secondary N) is 1. The molecule has 0 amide bonds. The average Bonchev–Trinajstić information content (AvgIpc) is 2.15. The SMILES string of the molecule is C[C@H]1NC(C)(C)COC1c1cccc(Cl)c1. The lowest BCUT2D eigenvalue weighted by Gasteiger charge is -2.41. The molecule has 88 valence electrons. The van der Waals surface area contributed by atoms with Crippen LogP contribution in [0.2, 0.25) is 5.02 Å². The van der Waals surface area contributed by atoms with Crippen LogP contribution in [0.15, 0.2) is 24.3 Å². The molecule has 0 radical (unpaired) electrons. The molecule has 3 heteroatoms. The first-order valence-electron chi connectivity index (χ1n) is 5.63. The molecule has 1 saturated heterocycles. The summed E-state index contributed by atoms with van der Waals surface area (Å²) in [7, 11) is 0. The average molecular weight is 240 g/mol. The van der Waals surface area contributed by atoms with Gasteiger partial charge in [-0.3, -0.25) is 0 Å². The summed E-state index contributed by atoms with van der Waals surface area (Å²) in [5.74, 6) is 0. The minimum atomic E-state index is 0.0501. The third-order valence-corrected chi connectivity index (χ3v) is 3.11. The van der Waals surface area contributed by atoms with Crippen LogP contribution in [-0.2, 0) is 4.74 Å². The first-order valence-corrected chi connectivity index (χ1v) is 6.00. The Kier molecular flexibility index (Phi) is 3.24. The van der Waals surface area contributed by atoms with E-state index in [-0.39, 0.29) is 11.6 Å². The number of hydrogen-bond donors (Lipinski definition) is 1. The molecule has 0 aromatic heterocycles. The first-order chi connectivity index (χ1) is 7.48. The predicted octanol–water partition coefficient (Wildman–Crippen LogP) is 3.17. The third kappa shape index (κ3) is 2.57. The van der Waals surface area contributed by atoms with Crippen LogP contribution in [0.5, 0.6) is 0 Å². The van der Waals surface area contributed by atoms with Crippen molar-refractivity contribution in [3.05, 3.63) is 34.9 Å². The highest BCUT2D eigenvalue weighted by molar-refractivity contribution is 6.30. The molecule has 1 N–H and O–H groups in total. The Labute approximate surface area is 102 Å². The molecule has 1 aromatic carbocycles. The molecule has 0 bridgehead atoms. The number of morpholine rings is 1. The van der Waals surface area contributed by atoms with Crippen LogP contribution in [0.3, 0.4) is 0 Å². The Balaban J connectivity index is 2.17. The summed E-state index contributed by atoms with van der Waals surface area (Å²) >= 11 is 5.99. The van der Waals surface area contributed by atoms with Gasteiger partial charge in [-0.2, -0.15) is 0 Å². The Hall–Kier alpha value is -0.570. The lowest BCUT2D eigenvalue weighted by atomic mass is 9.96. The van der Waals surface area contributed by atoms with Gasteiger partial charge in [-0.1, -0.05) is 23.7 Å². The van der Waals surface area contributed by atoms with Gasteiger partial charge in [0.2, 0.25) is 0 Å². The van der Waals surface area contributed by atoms with Crippen LogP contribution in [0.1, 0.15) is 32.4 Å². The molecule has 16 heavy (non-hydrogen) atoms. The van der Waals surface area contributed by atoms with Crippen molar-refractivity contribution in [2.24, 2.45) is 0 Å². The summed E-state index contributed by atoms with van der Waals surface area (Å²) in [5, 5.41) is 4.32. The van der Waals surface area contributed by atoms with Gasteiger partial charge in [0.1, 0.15) is 0 Å². The third-order valence-electron chi connectivity index (χ3n) is 2.87. The van der Waals surface area contributed by atoms with Crippen molar-refractivity contribution >= 4 is 11.6 Å². The van der Waals surface area contributed by atoms with E-state index >= 15 is 0 Å². The fourth-order valence-corrected chi connectivity index (χ4v) is 2.44. The maximum absolute atomic E-state index is 5.99. The number of halogens is 1. The lowest BCUT2D eigenvalue weighted by Crippen LogP contribution is -2.55. The molecule has 2 rings (SSSR count). The molecule has 1 fully saturated rings. The Morgan fingerprint density at radius 3 is 2.81 bits per heavy atom. The predicted molar refractivity (Wildman–Crippen MR) is 66.8 cm³/mol. The molecule has 1 aromatic rings. The molecule has 0 aliphatic carbocycles. The second kappa shape index (κ2) is 4.36. The molecule has 1 aliphatic rings. The van der Waals surface area contributed by atoms with Crippen molar-refractivity contribution in [1.82, 2.24) is 5.32 Å². The van der Waals surface area contributed by atoms with Gasteiger partial charge in [-0.05, 0) is 38.5 Å². The first kappa shape index (κ1) is 11.9. The summed E-state index contributed by atoms with van der Waals surface area (Å²) in [5.41, 5.74) is 1.19. The number of ether oxygens (including phenoxy) is 1. The van der Waals surface area contributed by atoms with Crippen molar-refractivity contribution in [1.29, 1.82) is 0 Å². The molecule has 2 nitrogen and oxygen atoms in total. The van der Waals surface area contributed by atoms with Crippen molar-refractivity contribution in [3.8, 4) is 0 Å². The van der Waals surface area contributed by atoms with E-state index in [1.807, 2.05) is 18.2 Å². The monoisotopic (exact) mass is 239 g/mol. The zero-order valence-electron chi connectivity index (χ0n) is 9.96. The second-order valence-electron chi connectivity index (χ2n) is 5.10. The van der Waals surface area contributed by atoms with E-state index in [2.05, 4.69) is 32.2 Å². The standard InChI is InChI=1S/C13H18ClNO/c1-9-12(16-8-13(2,3)15-9)10-5-4-6-11(14)7-10/h4-7,9,12,15H,8H2,1-3H3/t9-,12?/m1/s1. The van der Waals surface area contributed by atoms with E-state index in [9.17, 15) is 0 Å². The molecule has 1 aliphatic heterocycles. The van der Waals surface area contributed by atoms with E-state index < -0.39 is 0 Å². The highest BCUT2D eigenvalue weighted by atomic mass is 35.5. The van der Waals surface area contributed by atoms with Crippen LogP contribution in [0, 0.1) is 0 Å². The summed E-state index contributed by atoms with van der Waals surface area (Å²) in [6, 6.07) is 8.18. The molecule has 1 heterocycles. The molecule has 0 saturated carbocycles. The Morgan fingerprint density at radius 1 is 1.44 bits per heavy atom. The maximum Gasteiger partial charge on any atom is 0.0976 e. The van der Waals surface area contributed by atoms with Gasteiger partial charge in [0.05, 0.1) is 12.7 Å². The van der Waals surface area contributed by atoms with Crippen LogP contribution in [-0.4, -0.2) is 18.2 Å². The fourth-order valence-electron chi connectivity index (χ4n) is 2.24. The largest absolute Gasteiger partial charge is 0.370 e. The Morgan fingerprint density at radius 2 is 2.19 bits per heavy atom. The zero-order valence-corrected chi connectivity index (χ0v) is 10.7. The van der Waals surface area contributed by atoms with Crippen molar-refractivity contribution in [3.63, 3.8) is 0 Å². The lowest BCUT2D eigenvalue weighted by molar-refractivity contribution is -0.0495. The van der Waals surface area contributed by atoms with Crippen LogP contribution in [0.4, 0.5) is 0 Å². The molecular formula is C13H18ClNO. The van der Waals surface area contributed by atoms with Crippen molar-refractivity contribution < 1.29 is 4.74 Å². The molecule has 1 unspecified atom stereocenters. The molecular weight excluding hydrogens is 222 g/mol. The van der Waals surface area contributed by atoms with Gasteiger partial charge in [0.25, 0.3) is 0 Å². The second-order valence-corrected chi connectivity index (χ2v) is 5.54. The summed E-state index contributed by atoms with van der Waals surface area (Å²) in [4.78, 5) is 0. The van der Waals surface area contributed by atoms with Crippen molar-refractivity contribution in [2.45, 2.75) is 38.5 Å². The van der Waals surface area contributed by atoms with E-state index in [1.54, 1.807) is 0 Å². The number of rotatable bonds is 1. The highest BCUT2D eigenvalue weighted by Gasteiger charge is 2.33. The van der Waals surface area contributed by atoms with Gasteiger partial charge in [0.15, 0.2) is 0 Å². The smallest absolute Gasteiger partial charge is 0.0976 e. The topological polar surface area (TPSA) is 21.3 Å². The highest BCUT2D eigenvalue weighted by Crippen LogP contribution is 2.29. The summed E-state index contributed by atoms with van der Waals surface area (Å²) < 4.78 is 5.93. The maximum atomic E-state index is 5.99. The fraction of sp³-hybridized carbons (Fsp3) is 0.538. The minimum Gasteiger partial charge on any atom is -0.370 e. The summed E-state index contributed by atoms with van der Waals surface area (Å²) in [6.07, 6.45) is 0.0896. The van der Waals surface area contributed by atoms with Gasteiger partial charge < -0.3 is 10.1 Å². The number of hydrogen-bond acceptors (Lipinski definition) is 2. The van der Waals surface area contributed by atoms with Gasteiger partial charge >= 0.3 is 0 Å². The normalized spacial score (nSPS) is 29.0. The van der Waals surface area contributed by atoms with Crippen LogP contribution in [0.25, 0.3) is 0 Å². The number of benzene rings is 1. The van der Waals surface area contributed by atoms with E-state index in [0.29, 0.717) is 12.6 Å². The van der Waals surface area contributed by atoms with Gasteiger partial charge in [0, 0.05) is 16.6 Å². The van der Waals surface area contributed by atoms with Gasteiger partial charge in [-0.25, -0.2) is 0 Å².